The number of rotatable bonds is 10. The number of aliphatic hydroxyl groups excluding tert-OH is 1. The quantitative estimate of drug-likeness (QED) is 0.238. The lowest BCUT2D eigenvalue weighted by atomic mass is 10.00. The Balaban J connectivity index is 1.54. The summed E-state index contributed by atoms with van der Waals surface area (Å²) in [6, 6.07) is 28.9. The van der Waals surface area contributed by atoms with Crippen LogP contribution in [0.3, 0.4) is 0 Å². The molecule has 36 heavy (non-hydrogen) atoms. The maximum Gasteiger partial charge on any atom is 0.410 e. The van der Waals surface area contributed by atoms with Crippen LogP contribution >= 0.6 is 22.6 Å². The van der Waals surface area contributed by atoms with Crippen LogP contribution < -0.4 is 0 Å². The molecule has 1 amide bonds. The van der Waals surface area contributed by atoms with Crippen molar-refractivity contribution < 1.29 is 24.1 Å². The Morgan fingerprint density at radius 1 is 0.889 bits per heavy atom. The van der Waals surface area contributed by atoms with E-state index >= 15 is 0 Å². The molecule has 0 saturated carbocycles. The van der Waals surface area contributed by atoms with Gasteiger partial charge in [0.15, 0.2) is 6.29 Å². The van der Waals surface area contributed by atoms with Crippen LogP contribution in [0.2, 0.25) is 0 Å². The number of alkyl halides is 1. The molecule has 0 bridgehead atoms. The first-order valence-corrected chi connectivity index (χ1v) is 13.4. The second kappa shape index (κ2) is 13.7. The maximum atomic E-state index is 13.5. The van der Waals surface area contributed by atoms with Gasteiger partial charge in [0.05, 0.1) is 29.3 Å². The van der Waals surface area contributed by atoms with E-state index in [2.05, 4.69) is 22.6 Å². The number of halogens is 1. The first kappa shape index (κ1) is 26.6. The third-order valence-corrected chi connectivity index (χ3v) is 7.45. The molecule has 7 heteroatoms. The monoisotopic (exact) mass is 601 g/mol. The van der Waals surface area contributed by atoms with Crippen molar-refractivity contribution in [3.8, 4) is 0 Å². The molecule has 1 aliphatic heterocycles. The Labute approximate surface area is 226 Å². The minimum atomic E-state index is -0.889. The predicted molar refractivity (Wildman–Crippen MR) is 146 cm³/mol. The van der Waals surface area contributed by atoms with Gasteiger partial charge in [0.25, 0.3) is 0 Å². The lowest BCUT2D eigenvalue weighted by Gasteiger charge is -2.40. The van der Waals surface area contributed by atoms with Crippen LogP contribution in [0.25, 0.3) is 0 Å². The van der Waals surface area contributed by atoms with Crippen molar-refractivity contribution >= 4 is 28.7 Å². The van der Waals surface area contributed by atoms with Crippen molar-refractivity contribution in [2.24, 2.45) is 0 Å². The van der Waals surface area contributed by atoms with Crippen LogP contribution in [0.4, 0.5) is 4.79 Å². The van der Waals surface area contributed by atoms with Crippen LogP contribution in [-0.2, 0) is 34.0 Å². The van der Waals surface area contributed by atoms with E-state index in [0.29, 0.717) is 19.6 Å². The molecule has 0 aliphatic carbocycles. The average molecular weight is 601 g/mol. The fourth-order valence-corrected chi connectivity index (χ4v) is 4.78. The molecule has 4 rings (SSSR count). The number of amides is 1. The maximum absolute atomic E-state index is 13.5. The molecule has 3 aromatic rings. The number of carbonyl (C=O) groups is 1. The van der Waals surface area contributed by atoms with Gasteiger partial charge in [0, 0.05) is 6.54 Å². The molecule has 0 radical (unpaired) electrons. The molecule has 1 aliphatic rings. The molecule has 1 N–H and O–H groups in total. The van der Waals surface area contributed by atoms with E-state index in [1.54, 1.807) is 4.90 Å². The van der Waals surface area contributed by atoms with Crippen LogP contribution in [-0.4, -0.2) is 45.1 Å². The molecule has 3 aromatic carbocycles. The zero-order chi connectivity index (χ0) is 25.2. The van der Waals surface area contributed by atoms with E-state index in [0.717, 1.165) is 23.1 Å². The molecule has 1 saturated heterocycles. The zero-order valence-corrected chi connectivity index (χ0v) is 22.3. The lowest BCUT2D eigenvalue weighted by molar-refractivity contribution is -0.179. The van der Waals surface area contributed by atoms with Gasteiger partial charge in [-0.15, -0.1) is 0 Å². The number of nitrogens with zero attached hydrogens (tertiary/aromatic N) is 1. The molecule has 1 fully saturated rings. The van der Waals surface area contributed by atoms with Gasteiger partial charge in [-0.2, -0.15) is 0 Å². The van der Waals surface area contributed by atoms with Gasteiger partial charge < -0.3 is 19.3 Å². The van der Waals surface area contributed by atoms with Crippen molar-refractivity contribution in [2.75, 3.05) is 6.61 Å². The molecular weight excluding hydrogens is 569 g/mol. The molecule has 1 heterocycles. The SMILES string of the molecule is O=C(OCc1ccccc1)N(Cc1ccccc1)[C@@H](COCc1ccccc1)[C@@H]1CCC(I)C(O)O1. The van der Waals surface area contributed by atoms with Gasteiger partial charge in [-0.25, -0.2) is 4.79 Å². The van der Waals surface area contributed by atoms with E-state index in [1.807, 2.05) is 91.0 Å². The fourth-order valence-electron chi connectivity index (χ4n) is 4.25. The molecule has 6 nitrogen and oxygen atoms in total. The zero-order valence-electron chi connectivity index (χ0n) is 20.1. The molecule has 0 aromatic heterocycles. The molecular formula is C29H32INO5. The van der Waals surface area contributed by atoms with Crippen molar-refractivity contribution in [2.45, 2.75) is 55.0 Å². The highest BCUT2D eigenvalue weighted by Gasteiger charge is 2.38. The van der Waals surface area contributed by atoms with Crippen LogP contribution in [0.1, 0.15) is 29.5 Å². The minimum Gasteiger partial charge on any atom is -0.445 e. The highest BCUT2D eigenvalue weighted by atomic mass is 127. The van der Waals surface area contributed by atoms with E-state index < -0.39 is 18.4 Å². The van der Waals surface area contributed by atoms with E-state index in [-0.39, 0.29) is 23.2 Å². The Bertz CT molecular complexity index is 1050. The summed E-state index contributed by atoms with van der Waals surface area (Å²) < 4.78 is 17.9. The summed E-state index contributed by atoms with van der Waals surface area (Å²) in [5.74, 6) is 0. The Morgan fingerprint density at radius 2 is 1.44 bits per heavy atom. The van der Waals surface area contributed by atoms with Crippen molar-refractivity contribution in [3.05, 3.63) is 108 Å². The summed E-state index contributed by atoms with van der Waals surface area (Å²) in [4.78, 5) is 15.2. The summed E-state index contributed by atoms with van der Waals surface area (Å²) in [7, 11) is 0. The smallest absolute Gasteiger partial charge is 0.410 e. The summed E-state index contributed by atoms with van der Waals surface area (Å²) in [5, 5.41) is 10.5. The fraction of sp³-hybridized carbons (Fsp3) is 0.345. The molecule has 190 valence electrons. The third kappa shape index (κ3) is 7.77. The highest BCUT2D eigenvalue weighted by molar-refractivity contribution is 14.1. The number of hydrogen-bond acceptors (Lipinski definition) is 5. The van der Waals surface area contributed by atoms with Crippen molar-refractivity contribution in [1.82, 2.24) is 4.90 Å². The molecule has 4 atom stereocenters. The van der Waals surface area contributed by atoms with Crippen LogP contribution in [0, 0.1) is 0 Å². The standard InChI is InChI=1S/C29H32INO5/c30-25-16-17-27(36-28(25)32)26(21-34-19-23-12-6-2-7-13-23)31(18-22-10-4-1-5-11-22)29(33)35-20-24-14-8-3-9-15-24/h1-15,25-28,32H,16-21H2/t25?,26-,27-,28?/m0/s1. The lowest BCUT2D eigenvalue weighted by Crippen LogP contribution is -2.53. The van der Waals surface area contributed by atoms with Crippen LogP contribution in [0.15, 0.2) is 91.0 Å². The second-order valence-electron chi connectivity index (χ2n) is 8.88. The first-order chi connectivity index (χ1) is 17.6. The summed E-state index contributed by atoms with van der Waals surface area (Å²) in [6.45, 7) is 1.19. The minimum absolute atomic E-state index is 0.0114. The van der Waals surface area contributed by atoms with E-state index in [1.165, 1.54) is 0 Å². The van der Waals surface area contributed by atoms with E-state index in [4.69, 9.17) is 14.2 Å². The Hall–Kier alpha value is -2.46. The topological polar surface area (TPSA) is 68.2 Å². The molecule has 0 spiro atoms. The summed E-state index contributed by atoms with van der Waals surface area (Å²) >= 11 is 2.21. The van der Waals surface area contributed by atoms with Gasteiger partial charge >= 0.3 is 6.09 Å². The number of hydrogen-bond donors (Lipinski definition) is 1. The van der Waals surface area contributed by atoms with Crippen molar-refractivity contribution in [1.29, 1.82) is 0 Å². The predicted octanol–water partition coefficient (Wildman–Crippen LogP) is 5.71. The number of ether oxygens (including phenoxy) is 3. The Kier molecular flexibility index (Phi) is 10.2. The first-order valence-electron chi connectivity index (χ1n) is 12.2. The Morgan fingerprint density at radius 3 is 2.03 bits per heavy atom. The normalized spacial score (nSPS) is 20.4. The highest BCUT2D eigenvalue weighted by Crippen LogP contribution is 2.29. The van der Waals surface area contributed by atoms with Gasteiger partial charge in [-0.3, -0.25) is 4.90 Å². The van der Waals surface area contributed by atoms with Gasteiger partial charge in [0.1, 0.15) is 6.61 Å². The van der Waals surface area contributed by atoms with E-state index in [9.17, 15) is 9.90 Å². The number of benzene rings is 3. The largest absolute Gasteiger partial charge is 0.445 e. The summed E-state index contributed by atoms with van der Waals surface area (Å²) in [5.41, 5.74) is 2.94. The third-order valence-electron chi connectivity index (χ3n) is 6.22. The second-order valence-corrected chi connectivity index (χ2v) is 10.5. The number of carbonyl (C=O) groups excluding carboxylic acids is 1. The van der Waals surface area contributed by atoms with Gasteiger partial charge in [-0.05, 0) is 29.5 Å². The molecule has 2 unspecified atom stereocenters. The average Bonchev–Trinajstić information content (AvgIpc) is 2.92. The summed E-state index contributed by atoms with van der Waals surface area (Å²) in [6.07, 6.45) is -0.207. The van der Waals surface area contributed by atoms with Crippen LogP contribution in [0.5, 0.6) is 0 Å². The van der Waals surface area contributed by atoms with Gasteiger partial charge in [-0.1, -0.05) is 114 Å². The number of aliphatic hydroxyl groups is 1. The van der Waals surface area contributed by atoms with Crippen molar-refractivity contribution in [3.63, 3.8) is 0 Å². The van der Waals surface area contributed by atoms with Gasteiger partial charge in [0.2, 0.25) is 0 Å².